The number of nitrogens with zero attached hydrogens (tertiary/aromatic N) is 3. The fourth-order valence-corrected chi connectivity index (χ4v) is 2.30. The lowest BCUT2D eigenvalue weighted by Crippen LogP contribution is -2.35. The van der Waals surface area contributed by atoms with E-state index in [9.17, 15) is 4.79 Å². The van der Waals surface area contributed by atoms with Gasteiger partial charge >= 0.3 is 0 Å². The molecule has 0 aliphatic carbocycles. The van der Waals surface area contributed by atoms with Gasteiger partial charge in [-0.05, 0) is 32.1 Å². The van der Waals surface area contributed by atoms with Gasteiger partial charge in [-0.2, -0.15) is 0 Å². The van der Waals surface area contributed by atoms with E-state index in [0.717, 1.165) is 26.1 Å². The van der Waals surface area contributed by atoms with Gasteiger partial charge in [0.25, 0.3) is 5.91 Å². The molecular formula is C12H15Cl2N3O. The van der Waals surface area contributed by atoms with E-state index in [2.05, 4.69) is 16.9 Å². The summed E-state index contributed by atoms with van der Waals surface area (Å²) in [6, 6.07) is 3.19. The summed E-state index contributed by atoms with van der Waals surface area (Å²) in [4.78, 5) is 20.4. The van der Waals surface area contributed by atoms with Gasteiger partial charge in [0.05, 0.1) is 5.02 Å². The van der Waals surface area contributed by atoms with Crippen molar-refractivity contribution < 1.29 is 4.79 Å². The first kappa shape index (κ1) is 13.6. The van der Waals surface area contributed by atoms with Crippen LogP contribution < -0.4 is 0 Å². The minimum absolute atomic E-state index is 0.141. The number of aromatic nitrogens is 1. The highest BCUT2D eigenvalue weighted by atomic mass is 35.5. The lowest BCUT2D eigenvalue weighted by molar-refractivity contribution is 0.0757. The van der Waals surface area contributed by atoms with Crippen LogP contribution in [0.2, 0.25) is 10.2 Å². The van der Waals surface area contributed by atoms with Gasteiger partial charge in [-0.1, -0.05) is 23.2 Å². The van der Waals surface area contributed by atoms with Crippen LogP contribution in [0.4, 0.5) is 0 Å². The first-order valence-corrected chi connectivity index (χ1v) is 6.63. The lowest BCUT2D eigenvalue weighted by atomic mass is 10.3. The molecule has 98 valence electrons. The van der Waals surface area contributed by atoms with Crippen molar-refractivity contribution in [3.63, 3.8) is 0 Å². The highest BCUT2D eigenvalue weighted by molar-refractivity contribution is 6.34. The van der Waals surface area contributed by atoms with E-state index in [-0.39, 0.29) is 16.8 Å². The van der Waals surface area contributed by atoms with Crippen LogP contribution in [-0.4, -0.2) is 53.9 Å². The van der Waals surface area contributed by atoms with Crippen molar-refractivity contribution in [1.82, 2.24) is 14.8 Å². The van der Waals surface area contributed by atoms with Crippen molar-refractivity contribution in [3.8, 4) is 0 Å². The normalized spacial score (nSPS) is 17.6. The SMILES string of the molecule is CN1CCCN(C(=O)c2nc(Cl)ccc2Cl)CC1. The Morgan fingerprint density at radius 2 is 2.00 bits per heavy atom. The zero-order valence-corrected chi connectivity index (χ0v) is 11.7. The van der Waals surface area contributed by atoms with Crippen molar-refractivity contribution >= 4 is 29.1 Å². The van der Waals surface area contributed by atoms with Crippen LogP contribution in [0.15, 0.2) is 12.1 Å². The maximum absolute atomic E-state index is 12.3. The molecule has 1 saturated heterocycles. The van der Waals surface area contributed by atoms with Crippen molar-refractivity contribution in [2.45, 2.75) is 6.42 Å². The molecule has 18 heavy (non-hydrogen) atoms. The summed E-state index contributed by atoms with van der Waals surface area (Å²) in [7, 11) is 2.05. The maximum Gasteiger partial charge on any atom is 0.274 e. The Hall–Kier alpha value is -0.840. The van der Waals surface area contributed by atoms with Crippen molar-refractivity contribution in [2.24, 2.45) is 0 Å². The van der Waals surface area contributed by atoms with Gasteiger partial charge in [-0.15, -0.1) is 0 Å². The Labute approximate surface area is 116 Å². The number of likely N-dealkylation sites (N-methyl/N-ethyl adjacent to an activating group) is 1. The summed E-state index contributed by atoms with van der Waals surface area (Å²) in [5, 5.41) is 0.636. The van der Waals surface area contributed by atoms with Crippen LogP contribution in [0.3, 0.4) is 0 Å². The van der Waals surface area contributed by atoms with Gasteiger partial charge in [-0.25, -0.2) is 4.98 Å². The lowest BCUT2D eigenvalue weighted by Gasteiger charge is -2.20. The summed E-state index contributed by atoms with van der Waals surface area (Å²) in [6.07, 6.45) is 0.959. The maximum atomic E-state index is 12.3. The van der Waals surface area contributed by atoms with Crippen molar-refractivity contribution in [1.29, 1.82) is 0 Å². The Balaban J connectivity index is 2.17. The molecule has 1 aromatic heterocycles. The molecule has 1 fully saturated rings. The molecule has 0 radical (unpaired) electrons. The van der Waals surface area contributed by atoms with Gasteiger partial charge in [-0.3, -0.25) is 4.79 Å². The van der Waals surface area contributed by atoms with E-state index in [0.29, 0.717) is 11.6 Å². The molecule has 0 N–H and O–H groups in total. The number of carbonyl (C=O) groups is 1. The fraction of sp³-hybridized carbons (Fsp3) is 0.500. The largest absolute Gasteiger partial charge is 0.336 e. The smallest absolute Gasteiger partial charge is 0.274 e. The molecule has 0 aromatic carbocycles. The molecule has 1 aromatic rings. The molecule has 2 rings (SSSR count). The van der Waals surface area contributed by atoms with E-state index in [1.807, 2.05) is 0 Å². The van der Waals surface area contributed by atoms with Crippen molar-refractivity contribution in [2.75, 3.05) is 33.2 Å². The molecule has 0 atom stereocenters. The average Bonchev–Trinajstić information content (AvgIpc) is 2.56. The number of pyridine rings is 1. The number of halogens is 2. The van der Waals surface area contributed by atoms with Gasteiger partial charge in [0.2, 0.25) is 0 Å². The molecule has 6 heteroatoms. The Morgan fingerprint density at radius 3 is 2.78 bits per heavy atom. The third kappa shape index (κ3) is 3.13. The highest BCUT2D eigenvalue weighted by Crippen LogP contribution is 2.19. The third-order valence-corrected chi connectivity index (χ3v) is 3.54. The molecule has 0 saturated carbocycles. The minimum Gasteiger partial charge on any atom is -0.336 e. The molecule has 4 nitrogen and oxygen atoms in total. The molecule has 0 unspecified atom stereocenters. The number of rotatable bonds is 1. The topological polar surface area (TPSA) is 36.4 Å². The van der Waals surface area contributed by atoms with Crippen LogP contribution in [0, 0.1) is 0 Å². The summed E-state index contributed by atoms with van der Waals surface area (Å²) < 4.78 is 0. The van der Waals surface area contributed by atoms with E-state index in [4.69, 9.17) is 23.2 Å². The fourth-order valence-electron chi connectivity index (χ4n) is 1.97. The van der Waals surface area contributed by atoms with Crippen LogP contribution in [0.25, 0.3) is 0 Å². The molecular weight excluding hydrogens is 273 g/mol. The van der Waals surface area contributed by atoms with E-state index in [1.165, 1.54) is 0 Å². The minimum atomic E-state index is -0.141. The standard InChI is InChI=1S/C12H15Cl2N3O/c1-16-5-2-6-17(8-7-16)12(18)11-9(13)3-4-10(14)15-11/h3-4H,2,5-8H2,1H3. The second-order valence-electron chi connectivity index (χ2n) is 4.41. The zero-order valence-electron chi connectivity index (χ0n) is 10.2. The van der Waals surface area contributed by atoms with Crippen LogP contribution >= 0.6 is 23.2 Å². The Morgan fingerprint density at radius 1 is 1.22 bits per heavy atom. The molecule has 1 aliphatic rings. The van der Waals surface area contributed by atoms with Gasteiger partial charge < -0.3 is 9.80 Å². The monoisotopic (exact) mass is 287 g/mol. The first-order chi connectivity index (χ1) is 8.58. The summed E-state index contributed by atoms with van der Waals surface area (Å²) in [6.45, 7) is 3.29. The van der Waals surface area contributed by atoms with E-state index in [1.54, 1.807) is 17.0 Å². The zero-order chi connectivity index (χ0) is 13.1. The Kier molecular flexibility index (Phi) is 4.43. The third-order valence-electron chi connectivity index (χ3n) is 3.02. The molecule has 1 amide bonds. The predicted molar refractivity (Wildman–Crippen MR) is 72.3 cm³/mol. The molecule has 1 aliphatic heterocycles. The van der Waals surface area contributed by atoms with E-state index < -0.39 is 0 Å². The molecule has 2 heterocycles. The van der Waals surface area contributed by atoms with Crippen molar-refractivity contribution in [3.05, 3.63) is 28.0 Å². The quantitative estimate of drug-likeness (QED) is 0.743. The van der Waals surface area contributed by atoms with Crippen LogP contribution in [0.5, 0.6) is 0 Å². The number of hydrogen-bond donors (Lipinski definition) is 0. The summed E-state index contributed by atoms with van der Waals surface area (Å²) in [5.74, 6) is -0.141. The average molecular weight is 288 g/mol. The highest BCUT2D eigenvalue weighted by Gasteiger charge is 2.22. The summed E-state index contributed by atoms with van der Waals surface area (Å²) >= 11 is 11.8. The van der Waals surface area contributed by atoms with E-state index >= 15 is 0 Å². The molecule has 0 bridgehead atoms. The van der Waals surface area contributed by atoms with Crippen LogP contribution in [-0.2, 0) is 0 Å². The Bertz CT molecular complexity index is 453. The second-order valence-corrected chi connectivity index (χ2v) is 5.21. The second kappa shape index (κ2) is 5.87. The number of carbonyl (C=O) groups excluding carboxylic acids is 1. The van der Waals surface area contributed by atoms with Gasteiger partial charge in [0.15, 0.2) is 0 Å². The number of hydrogen-bond acceptors (Lipinski definition) is 3. The van der Waals surface area contributed by atoms with Gasteiger partial charge in [0.1, 0.15) is 10.8 Å². The number of amides is 1. The predicted octanol–water partition coefficient (Wildman–Crippen LogP) is 2.17. The summed E-state index contributed by atoms with van der Waals surface area (Å²) in [5.41, 5.74) is 0.244. The van der Waals surface area contributed by atoms with Gasteiger partial charge in [0, 0.05) is 19.6 Å². The van der Waals surface area contributed by atoms with Crippen LogP contribution in [0.1, 0.15) is 16.9 Å². The molecule has 0 spiro atoms. The first-order valence-electron chi connectivity index (χ1n) is 5.88.